The Bertz CT molecular complexity index is 833. The van der Waals surface area contributed by atoms with Crippen LogP contribution in [0.2, 0.25) is 0 Å². The molecule has 1 fully saturated rings. The topological polar surface area (TPSA) is 54.5 Å². The summed E-state index contributed by atoms with van der Waals surface area (Å²) in [5.41, 5.74) is 0.233. The third-order valence-electron chi connectivity index (χ3n) is 5.13. The van der Waals surface area contributed by atoms with Crippen LogP contribution in [-0.2, 0) is 23.9 Å². The molecule has 5 nitrogen and oxygen atoms in total. The number of alkyl halides is 3. The number of amides is 1. The van der Waals surface area contributed by atoms with E-state index in [9.17, 15) is 18.0 Å². The number of rotatable bonds is 8. The first kappa shape index (κ1) is 22.6. The molecule has 2 aromatic rings. The van der Waals surface area contributed by atoms with Crippen molar-refractivity contribution in [2.24, 2.45) is 5.92 Å². The lowest BCUT2D eigenvalue weighted by Crippen LogP contribution is -2.39. The van der Waals surface area contributed by atoms with E-state index in [1.54, 1.807) is 11.3 Å². The van der Waals surface area contributed by atoms with E-state index in [1.165, 1.54) is 18.2 Å². The van der Waals surface area contributed by atoms with Crippen molar-refractivity contribution in [2.75, 3.05) is 26.2 Å². The summed E-state index contributed by atoms with van der Waals surface area (Å²) in [5.74, 6) is -0.389. The molecule has 0 atom stereocenters. The molecule has 30 heavy (non-hydrogen) atoms. The van der Waals surface area contributed by atoms with E-state index in [4.69, 9.17) is 4.74 Å². The van der Waals surface area contributed by atoms with E-state index >= 15 is 0 Å². The average Bonchev–Trinajstić information content (AvgIpc) is 3.19. The summed E-state index contributed by atoms with van der Waals surface area (Å²) >= 11 is 1.70. The smallest absolute Gasteiger partial charge is 0.419 e. The minimum absolute atomic E-state index is 0.332. The van der Waals surface area contributed by atoms with Gasteiger partial charge in [-0.15, -0.1) is 11.3 Å². The second-order valence-corrected chi connectivity index (χ2v) is 8.33. The number of para-hydroxylation sites is 1. The van der Waals surface area contributed by atoms with E-state index in [1.807, 2.05) is 0 Å². The number of carbonyl (C=O) groups is 1. The van der Waals surface area contributed by atoms with E-state index in [2.05, 4.69) is 27.5 Å². The van der Waals surface area contributed by atoms with Crippen molar-refractivity contribution in [3.05, 3.63) is 45.9 Å². The lowest BCUT2D eigenvalue weighted by atomic mass is 9.96. The molecule has 0 spiro atoms. The maximum atomic E-state index is 13.0. The van der Waals surface area contributed by atoms with Gasteiger partial charge in [0.15, 0.2) is 6.61 Å². The number of thiazole rings is 1. The van der Waals surface area contributed by atoms with Crippen LogP contribution in [-0.4, -0.2) is 42.0 Å². The molecule has 0 unspecified atom stereocenters. The van der Waals surface area contributed by atoms with Gasteiger partial charge in [-0.3, -0.25) is 9.69 Å². The summed E-state index contributed by atoms with van der Waals surface area (Å²) in [6, 6.07) is 4.90. The fourth-order valence-electron chi connectivity index (χ4n) is 3.44. The van der Waals surface area contributed by atoms with Gasteiger partial charge in [-0.1, -0.05) is 19.1 Å². The zero-order valence-corrected chi connectivity index (χ0v) is 17.7. The van der Waals surface area contributed by atoms with E-state index < -0.39 is 24.3 Å². The van der Waals surface area contributed by atoms with Gasteiger partial charge in [0.05, 0.1) is 16.3 Å². The van der Waals surface area contributed by atoms with Crippen molar-refractivity contribution in [3.8, 4) is 5.75 Å². The van der Waals surface area contributed by atoms with Crippen LogP contribution in [0.25, 0.3) is 0 Å². The third-order valence-corrected chi connectivity index (χ3v) is 6.18. The van der Waals surface area contributed by atoms with Gasteiger partial charge in [0.25, 0.3) is 5.91 Å². The Labute approximate surface area is 178 Å². The minimum Gasteiger partial charge on any atom is -0.483 e. The van der Waals surface area contributed by atoms with Gasteiger partial charge in [-0.2, -0.15) is 13.2 Å². The van der Waals surface area contributed by atoms with Crippen LogP contribution >= 0.6 is 11.3 Å². The fraction of sp³-hybridized carbons (Fsp3) is 0.524. The van der Waals surface area contributed by atoms with Gasteiger partial charge in [-0.05, 0) is 50.4 Å². The fourth-order valence-corrected chi connectivity index (χ4v) is 4.18. The first-order valence-electron chi connectivity index (χ1n) is 10.1. The first-order chi connectivity index (χ1) is 14.3. The average molecular weight is 442 g/mol. The summed E-state index contributed by atoms with van der Waals surface area (Å²) in [6.45, 7) is 4.90. The Morgan fingerprint density at radius 2 is 2.03 bits per heavy atom. The summed E-state index contributed by atoms with van der Waals surface area (Å²) in [4.78, 5) is 19.0. The molecule has 1 N–H and O–H groups in total. The molecule has 0 radical (unpaired) electrons. The first-order valence-corrected chi connectivity index (χ1v) is 10.9. The number of likely N-dealkylation sites (tertiary alicyclic amines) is 1. The normalized spacial score (nSPS) is 15.9. The lowest BCUT2D eigenvalue weighted by molar-refractivity contribution is -0.139. The Hall–Kier alpha value is -2.13. The van der Waals surface area contributed by atoms with E-state index in [-0.39, 0.29) is 5.75 Å². The summed E-state index contributed by atoms with van der Waals surface area (Å²) in [6.07, 6.45) is -1.64. The van der Waals surface area contributed by atoms with Crippen LogP contribution in [0.3, 0.4) is 0 Å². The number of halogens is 3. The maximum Gasteiger partial charge on any atom is 0.419 e. The van der Waals surface area contributed by atoms with Crippen LogP contribution < -0.4 is 10.1 Å². The van der Waals surface area contributed by atoms with Gasteiger partial charge >= 0.3 is 6.18 Å². The second kappa shape index (κ2) is 10.3. The summed E-state index contributed by atoms with van der Waals surface area (Å²) < 4.78 is 44.0. The number of nitrogens with one attached hydrogen (secondary N) is 1. The molecule has 1 aromatic carbocycles. The van der Waals surface area contributed by atoms with Crippen LogP contribution in [0.4, 0.5) is 13.2 Å². The molecule has 164 valence electrons. The summed E-state index contributed by atoms with van der Waals surface area (Å²) in [7, 11) is 0. The highest BCUT2D eigenvalue weighted by atomic mass is 32.1. The molecule has 1 aromatic heterocycles. The van der Waals surface area contributed by atoms with E-state index in [0.717, 1.165) is 55.7 Å². The predicted octanol–water partition coefficient (Wildman–Crippen LogP) is 4.13. The SMILES string of the molecule is CCc1nc(CN2CCC(CNC(=O)COc3ccccc3C(F)(F)F)CC2)cs1. The Morgan fingerprint density at radius 1 is 1.30 bits per heavy atom. The van der Waals surface area contributed by atoms with Crippen LogP contribution in [0, 0.1) is 5.92 Å². The molecule has 0 bridgehead atoms. The Morgan fingerprint density at radius 3 is 2.70 bits per heavy atom. The highest BCUT2D eigenvalue weighted by molar-refractivity contribution is 7.09. The van der Waals surface area contributed by atoms with Gasteiger partial charge in [0, 0.05) is 18.5 Å². The molecule has 1 aliphatic rings. The van der Waals surface area contributed by atoms with Crippen molar-refractivity contribution in [1.29, 1.82) is 0 Å². The van der Waals surface area contributed by atoms with Crippen molar-refractivity contribution < 1.29 is 22.7 Å². The number of aromatic nitrogens is 1. The van der Waals surface area contributed by atoms with Crippen LogP contribution in [0.5, 0.6) is 5.75 Å². The van der Waals surface area contributed by atoms with Gasteiger partial charge < -0.3 is 10.1 Å². The number of hydrogen-bond acceptors (Lipinski definition) is 5. The summed E-state index contributed by atoms with van der Waals surface area (Å²) in [5, 5.41) is 6.05. The standard InChI is InChI=1S/C21H26F3N3O2S/c1-2-20-26-16(14-30-20)12-27-9-7-15(8-10-27)11-25-19(28)13-29-18-6-4-3-5-17(18)21(22,23)24/h3-6,14-15H,2,7-13H2,1H3,(H,25,28). The van der Waals surface area contributed by atoms with Crippen LogP contribution in [0.1, 0.15) is 36.0 Å². The number of hydrogen-bond donors (Lipinski definition) is 1. The number of nitrogens with zero attached hydrogens (tertiary/aromatic N) is 2. The van der Waals surface area contributed by atoms with Crippen molar-refractivity contribution in [3.63, 3.8) is 0 Å². The largest absolute Gasteiger partial charge is 0.483 e. The molecule has 0 aliphatic carbocycles. The Balaban J connectivity index is 1.37. The van der Waals surface area contributed by atoms with Gasteiger partial charge in [0.2, 0.25) is 0 Å². The predicted molar refractivity (Wildman–Crippen MR) is 109 cm³/mol. The maximum absolute atomic E-state index is 13.0. The second-order valence-electron chi connectivity index (χ2n) is 7.39. The molecule has 9 heteroatoms. The van der Waals surface area contributed by atoms with Crippen molar-refractivity contribution in [2.45, 2.75) is 38.9 Å². The minimum atomic E-state index is -4.52. The zero-order valence-electron chi connectivity index (χ0n) is 16.9. The number of ether oxygens (including phenoxy) is 1. The monoisotopic (exact) mass is 441 g/mol. The van der Waals surface area contributed by atoms with E-state index in [0.29, 0.717) is 12.5 Å². The third kappa shape index (κ3) is 6.43. The molecule has 3 rings (SSSR count). The number of aryl methyl sites for hydroxylation is 1. The van der Waals surface area contributed by atoms with Gasteiger partial charge in [-0.25, -0.2) is 4.98 Å². The quantitative estimate of drug-likeness (QED) is 0.669. The zero-order chi connectivity index (χ0) is 21.6. The van der Waals surface area contributed by atoms with Crippen molar-refractivity contribution >= 4 is 17.2 Å². The molecule has 0 saturated carbocycles. The molecular formula is C21H26F3N3O2S. The highest BCUT2D eigenvalue weighted by Gasteiger charge is 2.34. The van der Waals surface area contributed by atoms with Crippen LogP contribution in [0.15, 0.2) is 29.6 Å². The van der Waals surface area contributed by atoms with Gasteiger partial charge in [0.1, 0.15) is 5.75 Å². The molecule has 2 heterocycles. The molecule has 1 amide bonds. The molecular weight excluding hydrogens is 415 g/mol. The highest BCUT2D eigenvalue weighted by Crippen LogP contribution is 2.35. The number of benzene rings is 1. The van der Waals surface area contributed by atoms with Crippen molar-refractivity contribution in [1.82, 2.24) is 15.2 Å². The number of piperidine rings is 1. The molecule has 1 saturated heterocycles. The Kier molecular flexibility index (Phi) is 7.71. The lowest BCUT2D eigenvalue weighted by Gasteiger charge is -2.31. The molecule has 1 aliphatic heterocycles. The number of carbonyl (C=O) groups excluding carboxylic acids is 1.